The lowest BCUT2D eigenvalue weighted by atomic mass is 9.42. The Morgan fingerprint density at radius 2 is 1.64 bits per heavy atom. The van der Waals surface area contributed by atoms with Crippen LogP contribution < -0.4 is 5.32 Å². The fourth-order valence-corrected chi connectivity index (χ4v) is 7.56. The summed E-state index contributed by atoms with van der Waals surface area (Å²) in [5.74, 6) is 2.57. The molecule has 4 nitrogen and oxygen atoms in total. The van der Waals surface area contributed by atoms with E-state index in [2.05, 4.69) is 25.7 Å². The van der Waals surface area contributed by atoms with Gasteiger partial charge in [0, 0.05) is 17.4 Å². The van der Waals surface area contributed by atoms with E-state index in [-0.39, 0.29) is 24.0 Å². The highest BCUT2D eigenvalue weighted by atomic mass is 16.6. The van der Waals surface area contributed by atoms with Crippen LogP contribution >= 0.6 is 0 Å². The molecule has 4 heteroatoms. The second-order valence-electron chi connectivity index (χ2n) is 10.9. The highest BCUT2D eigenvalue weighted by Crippen LogP contribution is 2.67. The van der Waals surface area contributed by atoms with Gasteiger partial charge in [0.05, 0.1) is 0 Å². The number of carbonyl (C=O) groups excluding carboxylic acids is 2. The molecule has 0 aromatic rings. The summed E-state index contributed by atoms with van der Waals surface area (Å²) >= 11 is 0. The van der Waals surface area contributed by atoms with Crippen molar-refractivity contribution >= 4 is 11.9 Å². The molecule has 156 valence electrons. The number of hydrogen-bond donors (Lipinski definition) is 1. The van der Waals surface area contributed by atoms with Crippen molar-refractivity contribution in [1.82, 2.24) is 5.32 Å². The zero-order chi connectivity index (χ0) is 20.1. The van der Waals surface area contributed by atoms with Crippen molar-refractivity contribution in [2.75, 3.05) is 6.54 Å². The van der Waals surface area contributed by atoms with Crippen LogP contribution in [0.5, 0.6) is 0 Å². The summed E-state index contributed by atoms with van der Waals surface area (Å²) in [5.41, 5.74) is 0.579. The van der Waals surface area contributed by atoms with E-state index in [1.807, 2.05) is 0 Å². The molecule has 5 saturated carbocycles. The highest BCUT2D eigenvalue weighted by molar-refractivity contribution is 5.94. The maximum absolute atomic E-state index is 12.9. The monoisotopic (exact) mass is 387 g/mol. The lowest BCUT2D eigenvalue weighted by Crippen LogP contribution is -2.66. The average molecular weight is 388 g/mol. The van der Waals surface area contributed by atoms with E-state index in [4.69, 9.17) is 4.74 Å². The quantitative estimate of drug-likeness (QED) is 0.552. The number of carbonyl (C=O) groups is 2. The van der Waals surface area contributed by atoms with E-state index in [0.29, 0.717) is 28.7 Å². The van der Waals surface area contributed by atoms with Gasteiger partial charge in [-0.15, -0.1) is 0 Å². The Hall–Kier alpha value is -1.32. The van der Waals surface area contributed by atoms with E-state index in [9.17, 15) is 9.59 Å². The number of esters is 1. The fraction of sp³-hybridized carbons (Fsp3) is 0.833. The molecular formula is C24H37NO3. The summed E-state index contributed by atoms with van der Waals surface area (Å²) in [6.07, 6.45) is 11.1. The molecule has 28 heavy (non-hydrogen) atoms. The Labute approximate surface area is 169 Å². The first kappa shape index (κ1) is 20.0. The third-order valence-corrected chi connectivity index (χ3v) is 8.50. The minimum atomic E-state index is -0.290. The van der Waals surface area contributed by atoms with E-state index in [0.717, 1.165) is 11.8 Å². The predicted octanol–water partition coefficient (Wildman–Crippen LogP) is 4.63. The van der Waals surface area contributed by atoms with Crippen LogP contribution in [0.1, 0.15) is 78.6 Å². The van der Waals surface area contributed by atoms with Gasteiger partial charge >= 0.3 is 5.97 Å². The molecule has 1 N–H and O–H groups in total. The van der Waals surface area contributed by atoms with Gasteiger partial charge < -0.3 is 10.1 Å². The van der Waals surface area contributed by atoms with Gasteiger partial charge in [-0.25, -0.2) is 0 Å². The Kier molecular flexibility index (Phi) is 5.12. The van der Waals surface area contributed by atoms with E-state index < -0.39 is 0 Å². The number of amides is 1. The molecular weight excluding hydrogens is 350 g/mol. The molecule has 0 radical (unpaired) electrons. The van der Waals surface area contributed by atoms with Gasteiger partial charge in [0.1, 0.15) is 12.1 Å². The zero-order valence-electron chi connectivity index (χ0n) is 17.9. The van der Waals surface area contributed by atoms with Gasteiger partial charge in [-0.1, -0.05) is 33.3 Å². The van der Waals surface area contributed by atoms with Gasteiger partial charge in [0.25, 0.3) is 0 Å². The maximum Gasteiger partial charge on any atom is 0.326 e. The first-order valence-electron chi connectivity index (χ1n) is 11.4. The topological polar surface area (TPSA) is 55.4 Å². The van der Waals surface area contributed by atoms with Gasteiger partial charge in [-0.3, -0.25) is 9.59 Å². The van der Waals surface area contributed by atoms with Gasteiger partial charge in [-0.05, 0) is 75.0 Å². The number of nitrogens with one attached hydrogen (secondary N) is 1. The van der Waals surface area contributed by atoms with E-state index >= 15 is 0 Å². The van der Waals surface area contributed by atoms with Crippen LogP contribution in [0.4, 0.5) is 0 Å². The summed E-state index contributed by atoms with van der Waals surface area (Å²) in [5, 5.41) is 2.68. The molecule has 1 amide bonds. The number of rotatable bonds is 5. The van der Waals surface area contributed by atoms with Crippen molar-refractivity contribution in [3.8, 4) is 0 Å². The standard InChI is InChI=1S/C24H37NO3/c1-15(2)22(27)25-14-21(26)28-24(18-7-5-16(3)6-8-18)19-9-17-10-20(24)13-23(4,11-17)12-19/h16-20H,1,5-14H2,2-4H3,(H,25,27). The first-order chi connectivity index (χ1) is 13.2. The normalized spacial score (nSPS) is 44.2. The van der Waals surface area contributed by atoms with E-state index in [1.165, 1.54) is 57.8 Å². The van der Waals surface area contributed by atoms with Crippen molar-refractivity contribution in [1.29, 1.82) is 0 Å². The van der Waals surface area contributed by atoms with Crippen molar-refractivity contribution in [2.45, 2.75) is 84.2 Å². The largest absolute Gasteiger partial charge is 0.457 e. The molecule has 2 atom stereocenters. The Morgan fingerprint density at radius 1 is 1.04 bits per heavy atom. The minimum absolute atomic E-state index is 0.0449. The molecule has 0 heterocycles. The SMILES string of the molecule is C=C(C)C(=O)NCC(=O)OC1(C2CCC(C)CC2)C2CC3CC1CC(C)(C3)C2. The third kappa shape index (κ3) is 3.41. The zero-order valence-corrected chi connectivity index (χ0v) is 17.9. The van der Waals surface area contributed by atoms with Crippen LogP contribution in [0.25, 0.3) is 0 Å². The Morgan fingerprint density at radius 3 is 2.18 bits per heavy atom. The molecule has 0 spiro atoms. The molecule has 2 unspecified atom stereocenters. The van der Waals surface area contributed by atoms with Gasteiger partial charge in [0.15, 0.2) is 0 Å². The Balaban J connectivity index is 1.56. The Bertz CT molecular complexity index is 645. The first-order valence-corrected chi connectivity index (χ1v) is 11.4. The molecule has 4 bridgehead atoms. The van der Waals surface area contributed by atoms with Crippen LogP contribution in [0.15, 0.2) is 12.2 Å². The summed E-state index contributed by atoms with van der Waals surface area (Å²) in [6, 6.07) is 0. The average Bonchev–Trinajstić information content (AvgIpc) is 2.62. The lowest BCUT2D eigenvalue weighted by molar-refractivity contribution is -0.245. The van der Waals surface area contributed by atoms with Crippen molar-refractivity contribution in [3.05, 3.63) is 12.2 Å². The van der Waals surface area contributed by atoms with Gasteiger partial charge in [0.2, 0.25) is 5.91 Å². The van der Waals surface area contributed by atoms with Crippen LogP contribution in [0.3, 0.4) is 0 Å². The summed E-state index contributed by atoms with van der Waals surface area (Å²) < 4.78 is 6.48. The molecule has 0 saturated heterocycles. The predicted molar refractivity (Wildman–Crippen MR) is 109 cm³/mol. The maximum atomic E-state index is 12.9. The van der Waals surface area contributed by atoms with Crippen LogP contribution in [-0.2, 0) is 14.3 Å². The summed E-state index contributed by atoms with van der Waals surface area (Å²) in [4.78, 5) is 24.7. The van der Waals surface area contributed by atoms with Crippen molar-refractivity contribution in [2.24, 2.45) is 35.0 Å². The molecule has 0 aromatic carbocycles. The third-order valence-electron chi connectivity index (χ3n) is 8.50. The van der Waals surface area contributed by atoms with E-state index in [1.54, 1.807) is 6.92 Å². The fourth-order valence-electron chi connectivity index (χ4n) is 7.56. The molecule has 0 aliphatic heterocycles. The van der Waals surface area contributed by atoms with Crippen molar-refractivity contribution in [3.63, 3.8) is 0 Å². The second-order valence-corrected chi connectivity index (χ2v) is 10.9. The van der Waals surface area contributed by atoms with Crippen LogP contribution in [0, 0.1) is 35.0 Å². The molecule has 5 aliphatic rings. The van der Waals surface area contributed by atoms with Gasteiger partial charge in [-0.2, -0.15) is 0 Å². The highest BCUT2D eigenvalue weighted by Gasteiger charge is 2.65. The minimum Gasteiger partial charge on any atom is -0.457 e. The summed E-state index contributed by atoms with van der Waals surface area (Å²) in [7, 11) is 0. The molecule has 5 fully saturated rings. The molecule has 5 rings (SSSR count). The van der Waals surface area contributed by atoms with Crippen LogP contribution in [-0.4, -0.2) is 24.0 Å². The lowest BCUT2D eigenvalue weighted by Gasteiger charge is -2.66. The van der Waals surface area contributed by atoms with Crippen LogP contribution in [0.2, 0.25) is 0 Å². The van der Waals surface area contributed by atoms with Crippen molar-refractivity contribution < 1.29 is 14.3 Å². The summed E-state index contributed by atoms with van der Waals surface area (Å²) in [6.45, 7) is 10.1. The second kappa shape index (κ2) is 7.18. The molecule has 5 aliphatic carbocycles. The molecule has 0 aromatic heterocycles. The smallest absolute Gasteiger partial charge is 0.326 e. The number of ether oxygens (including phenoxy) is 1. The number of hydrogen-bond acceptors (Lipinski definition) is 3.